The van der Waals surface area contributed by atoms with Crippen LogP contribution in [-0.2, 0) is 11.1 Å². The van der Waals surface area contributed by atoms with Crippen LogP contribution in [0.5, 0.6) is 0 Å². The monoisotopic (exact) mass is 390 g/mol. The Morgan fingerprint density at radius 2 is 2.04 bits per heavy atom. The molecule has 0 aliphatic rings. The number of nitrogens with one attached hydrogen (secondary N) is 1. The molecule has 0 saturated heterocycles. The highest BCUT2D eigenvalue weighted by atomic mass is 31.2. The van der Waals surface area contributed by atoms with Crippen molar-refractivity contribution in [3.8, 4) is 0 Å². The molecule has 0 saturated carbocycles. The first kappa shape index (κ1) is 19.3. The predicted octanol–water partition coefficient (Wildman–Crippen LogP) is 1.78. The number of rotatable bonds is 7. The van der Waals surface area contributed by atoms with Crippen LogP contribution < -0.4 is 16.4 Å². The highest BCUT2D eigenvalue weighted by Gasteiger charge is 2.18. The highest BCUT2D eigenvalue weighted by molar-refractivity contribution is 7.60. The lowest BCUT2D eigenvalue weighted by atomic mass is 10.2. The molecule has 10 heteroatoms. The first-order chi connectivity index (χ1) is 12.8. The third-order valence-corrected chi connectivity index (χ3v) is 5.16. The molecule has 0 aliphatic heterocycles. The van der Waals surface area contributed by atoms with Crippen LogP contribution in [0.1, 0.15) is 31.2 Å². The fraction of sp³-hybridized carbons (Fsp3) is 0.353. The molecule has 0 fully saturated rings. The Kier molecular flexibility index (Phi) is 5.46. The normalized spacial score (nSPS) is 11.9. The first-order valence-electron chi connectivity index (χ1n) is 8.69. The Bertz CT molecular complexity index is 1010. The summed E-state index contributed by atoms with van der Waals surface area (Å²) < 4.78 is 13.4. The van der Waals surface area contributed by atoms with Crippen LogP contribution in [-0.4, -0.2) is 35.9 Å². The molecule has 9 nitrogen and oxygen atoms in total. The minimum Gasteiger partial charge on any atom is -0.382 e. The van der Waals surface area contributed by atoms with E-state index < -0.39 is 7.60 Å². The molecule has 0 radical (unpaired) electrons. The molecule has 3 aromatic rings. The molecule has 27 heavy (non-hydrogen) atoms. The van der Waals surface area contributed by atoms with Gasteiger partial charge in [0.1, 0.15) is 5.82 Å². The number of hydrogen-bond acceptors (Lipinski definition) is 6. The molecule has 2 aromatic heterocycles. The fourth-order valence-electron chi connectivity index (χ4n) is 2.79. The van der Waals surface area contributed by atoms with E-state index in [1.807, 2.05) is 11.5 Å². The molecule has 0 atom stereocenters. The maximum absolute atomic E-state index is 11.5. The lowest BCUT2D eigenvalue weighted by molar-refractivity contribution is 0.387. The van der Waals surface area contributed by atoms with Crippen LogP contribution >= 0.6 is 7.60 Å². The van der Waals surface area contributed by atoms with Crippen molar-refractivity contribution in [2.24, 2.45) is 0 Å². The lowest BCUT2D eigenvalue weighted by Crippen LogP contribution is -2.10. The number of imidazole rings is 1. The van der Waals surface area contributed by atoms with Gasteiger partial charge < -0.3 is 25.4 Å². The second kappa shape index (κ2) is 7.64. The number of fused-ring (bicyclic) bond motifs is 1. The average molecular weight is 390 g/mol. The van der Waals surface area contributed by atoms with Crippen molar-refractivity contribution in [2.75, 3.05) is 17.6 Å². The number of benzene rings is 1. The summed E-state index contributed by atoms with van der Waals surface area (Å²) in [5.41, 5.74) is 7.88. The summed E-state index contributed by atoms with van der Waals surface area (Å²) in [6.07, 6.45) is 2.05. The van der Waals surface area contributed by atoms with Crippen LogP contribution in [0.15, 0.2) is 24.3 Å². The zero-order chi connectivity index (χ0) is 19.6. The molecular formula is C17H23N6O3P. The van der Waals surface area contributed by atoms with E-state index in [1.54, 1.807) is 12.1 Å². The highest BCUT2D eigenvalue weighted by Crippen LogP contribution is 2.33. The van der Waals surface area contributed by atoms with E-state index in [9.17, 15) is 14.4 Å². The summed E-state index contributed by atoms with van der Waals surface area (Å²) in [7, 11) is -4.31. The number of anilines is 2. The van der Waals surface area contributed by atoms with Gasteiger partial charge in [-0.25, -0.2) is 4.98 Å². The van der Waals surface area contributed by atoms with E-state index in [0.29, 0.717) is 35.3 Å². The van der Waals surface area contributed by atoms with Crippen LogP contribution in [0.4, 0.5) is 11.8 Å². The molecule has 0 spiro atoms. The number of unbranched alkanes of at least 4 members (excludes halogenated alkanes) is 1. The zero-order valence-corrected chi connectivity index (χ0v) is 16.1. The maximum atomic E-state index is 11.5. The lowest BCUT2D eigenvalue weighted by Gasteiger charge is -2.10. The topological polar surface area (TPSA) is 139 Å². The average Bonchev–Trinajstić information content (AvgIpc) is 2.91. The van der Waals surface area contributed by atoms with E-state index in [1.165, 1.54) is 12.1 Å². The van der Waals surface area contributed by atoms with Gasteiger partial charge in [-0.15, -0.1) is 0 Å². The summed E-state index contributed by atoms with van der Waals surface area (Å²) in [6, 6.07) is 6.34. The molecule has 0 amide bonds. The van der Waals surface area contributed by atoms with Crippen molar-refractivity contribution in [1.82, 2.24) is 19.5 Å². The Morgan fingerprint density at radius 1 is 1.26 bits per heavy atom. The number of aryl methyl sites for hydroxylation is 1. The van der Waals surface area contributed by atoms with E-state index in [2.05, 4.69) is 27.2 Å². The van der Waals surface area contributed by atoms with Gasteiger partial charge in [-0.1, -0.05) is 25.5 Å². The number of nitrogens with zero attached hydrogens (tertiary/aromatic N) is 4. The summed E-state index contributed by atoms with van der Waals surface area (Å²) >= 11 is 0. The molecule has 0 bridgehead atoms. The Hall–Kier alpha value is -2.48. The Morgan fingerprint density at radius 3 is 2.74 bits per heavy atom. The second-order valence-corrected chi connectivity index (χ2v) is 7.95. The third kappa shape index (κ3) is 4.27. The number of hydrogen-bond donors (Lipinski definition) is 4. The van der Waals surface area contributed by atoms with Crippen LogP contribution in [0.25, 0.3) is 11.2 Å². The van der Waals surface area contributed by atoms with E-state index in [4.69, 9.17) is 5.73 Å². The molecule has 3 rings (SSSR count). The van der Waals surface area contributed by atoms with E-state index in [0.717, 1.165) is 24.9 Å². The van der Waals surface area contributed by atoms with Gasteiger partial charge in [-0.2, -0.15) is 9.97 Å². The van der Waals surface area contributed by atoms with Crippen molar-refractivity contribution in [3.63, 3.8) is 0 Å². The summed E-state index contributed by atoms with van der Waals surface area (Å²) in [6.45, 7) is 5.04. The summed E-state index contributed by atoms with van der Waals surface area (Å²) in [4.78, 5) is 32.0. The SMILES string of the molecule is CCCCNc1nc(N)c2nc(C)n(Cc3cccc(P(=O)(O)O)c3)c2n1. The van der Waals surface area contributed by atoms with Gasteiger partial charge in [0.05, 0.1) is 11.8 Å². The van der Waals surface area contributed by atoms with Crippen LogP contribution in [0, 0.1) is 6.92 Å². The molecule has 2 heterocycles. The molecule has 0 aliphatic carbocycles. The van der Waals surface area contributed by atoms with Crippen molar-refractivity contribution >= 4 is 35.8 Å². The molecule has 1 aromatic carbocycles. The Balaban J connectivity index is 1.99. The minimum absolute atomic E-state index is 0.0156. The van der Waals surface area contributed by atoms with Crippen molar-refractivity contribution < 1.29 is 14.4 Å². The Labute approximate surface area is 156 Å². The smallest absolute Gasteiger partial charge is 0.356 e. The minimum atomic E-state index is -4.31. The number of nitrogens with two attached hydrogens (primary N) is 1. The van der Waals surface area contributed by atoms with E-state index >= 15 is 0 Å². The first-order valence-corrected chi connectivity index (χ1v) is 10.3. The van der Waals surface area contributed by atoms with Gasteiger partial charge in [-0.3, -0.25) is 4.57 Å². The van der Waals surface area contributed by atoms with Gasteiger partial charge in [0.2, 0.25) is 5.95 Å². The third-order valence-electron chi connectivity index (χ3n) is 4.21. The van der Waals surface area contributed by atoms with Crippen molar-refractivity contribution in [1.29, 1.82) is 0 Å². The standard InChI is InChI=1S/C17H23N6O3P/c1-3-4-8-19-17-21-15(18)14-16(22-17)23(11(2)20-14)10-12-6-5-7-13(9-12)27(24,25)26/h5-7,9H,3-4,8,10H2,1-2H3,(H2,24,25,26)(H3,18,19,21,22). The number of nitrogen functional groups attached to an aromatic ring is 1. The fourth-order valence-corrected chi connectivity index (χ4v) is 3.41. The van der Waals surface area contributed by atoms with Crippen LogP contribution in [0.3, 0.4) is 0 Å². The van der Waals surface area contributed by atoms with Crippen LogP contribution in [0.2, 0.25) is 0 Å². The zero-order valence-electron chi connectivity index (χ0n) is 15.3. The molecule has 144 valence electrons. The van der Waals surface area contributed by atoms with Gasteiger partial charge in [0, 0.05) is 6.54 Å². The van der Waals surface area contributed by atoms with E-state index in [-0.39, 0.29) is 5.30 Å². The quantitative estimate of drug-likeness (QED) is 0.354. The summed E-state index contributed by atoms with van der Waals surface area (Å²) in [5.74, 6) is 1.43. The predicted molar refractivity (Wildman–Crippen MR) is 105 cm³/mol. The van der Waals surface area contributed by atoms with Gasteiger partial charge in [-0.05, 0) is 31.0 Å². The van der Waals surface area contributed by atoms with Crippen molar-refractivity contribution in [3.05, 3.63) is 35.7 Å². The molecular weight excluding hydrogens is 367 g/mol. The number of aromatic nitrogens is 4. The van der Waals surface area contributed by atoms with Gasteiger partial charge in [0.25, 0.3) is 0 Å². The van der Waals surface area contributed by atoms with Crippen molar-refractivity contribution in [2.45, 2.75) is 33.2 Å². The molecule has 0 unspecified atom stereocenters. The van der Waals surface area contributed by atoms with Gasteiger partial charge in [0.15, 0.2) is 17.0 Å². The second-order valence-electron chi connectivity index (χ2n) is 6.34. The maximum Gasteiger partial charge on any atom is 0.356 e. The molecule has 5 N–H and O–H groups in total. The summed E-state index contributed by atoms with van der Waals surface area (Å²) in [5, 5.41) is 3.15. The largest absolute Gasteiger partial charge is 0.382 e. The van der Waals surface area contributed by atoms with Gasteiger partial charge >= 0.3 is 7.60 Å².